The van der Waals surface area contributed by atoms with E-state index in [1.165, 1.54) is 0 Å². The van der Waals surface area contributed by atoms with E-state index in [2.05, 4.69) is 15.5 Å². The molecule has 1 heterocycles. The van der Waals surface area contributed by atoms with Crippen LogP contribution in [0.15, 0.2) is 30.3 Å². The predicted octanol–water partition coefficient (Wildman–Crippen LogP) is 0.874. The Labute approximate surface area is 125 Å². The molecule has 0 saturated carbocycles. The number of nitrogens with zero attached hydrogens (tertiary/aromatic N) is 1. The summed E-state index contributed by atoms with van der Waals surface area (Å²) in [5, 5.41) is 5.64. The highest BCUT2D eigenvalue weighted by Crippen LogP contribution is 2.15. The van der Waals surface area contributed by atoms with Gasteiger partial charge >= 0.3 is 0 Å². The van der Waals surface area contributed by atoms with Crippen LogP contribution in [0.4, 0.5) is 0 Å². The fourth-order valence-corrected chi connectivity index (χ4v) is 2.67. The zero-order valence-corrected chi connectivity index (χ0v) is 12.5. The molecule has 1 aliphatic heterocycles. The van der Waals surface area contributed by atoms with Crippen LogP contribution in [0.25, 0.3) is 0 Å². The molecule has 0 radical (unpaired) electrons. The molecule has 1 aromatic carbocycles. The minimum atomic E-state index is -0.328. The Morgan fingerprint density at radius 3 is 2.48 bits per heavy atom. The Hall–Kier alpha value is -1.72. The largest absolute Gasteiger partial charge is 0.319 e. The standard InChI is InChI=1S/C16H23N3O2/c1-17-11-13-7-9-19(10-8-13)12-15(20)18-16(21)14-5-3-2-4-6-14/h2-6,13,17H,7-12H2,1H3,(H,18,20,21). The maximum Gasteiger partial charge on any atom is 0.257 e. The minimum Gasteiger partial charge on any atom is -0.319 e. The van der Waals surface area contributed by atoms with E-state index in [-0.39, 0.29) is 11.8 Å². The smallest absolute Gasteiger partial charge is 0.257 e. The van der Waals surface area contributed by atoms with Crippen LogP contribution in [0.5, 0.6) is 0 Å². The molecule has 2 rings (SSSR count). The van der Waals surface area contributed by atoms with Gasteiger partial charge in [-0.1, -0.05) is 18.2 Å². The molecule has 0 unspecified atom stereocenters. The summed E-state index contributed by atoms with van der Waals surface area (Å²) >= 11 is 0. The minimum absolute atomic E-state index is 0.226. The fourth-order valence-electron chi connectivity index (χ4n) is 2.67. The molecule has 0 bridgehead atoms. The molecular weight excluding hydrogens is 266 g/mol. The summed E-state index contributed by atoms with van der Waals surface area (Å²) < 4.78 is 0. The van der Waals surface area contributed by atoms with Crippen LogP contribution in [-0.2, 0) is 4.79 Å². The van der Waals surface area contributed by atoms with Crippen LogP contribution in [0.3, 0.4) is 0 Å². The van der Waals surface area contributed by atoms with E-state index in [1.54, 1.807) is 24.3 Å². The molecule has 5 nitrogen and oxygen atoms in total. The van der Waals surface area contributed by atoms with Crippen LogP contribution >= 0.6 is 0 Å². The van der Waals surface area contributed by atoms with Crippen molar-refractivity contribution < 1.29 is 9.59 Å². The van der Waals surface area contributed by atoms with Crippen molar-refractivity contribution in [2.24, 2.45) is 5.92 Å². The SMILES string of the molecule is CNCC1CCN(CC(=O)NC(=O)c2ccccc2)CC1. The number of carbonyl (C=O) groups is 2. The highest BCUT2D eigenvalue weighted by atomic mass is 16.2. The Morgan fingerprint density at radius 1 is 1.19 bits per heavy atom. The number of amides is 2. The van der Waals surface area contributed by atoms with Crippen molar-refractivity contribution in [2.45, 2.75) is 12.8 Å². The van der Waals surface area contributed by atoms with Gasteiger partial charge < -0.3 is 5.32 Å². The van der Waals surface area contributed by atoms with E-state index >= 15 is 0 Å². The van der Waals surface area contributed by atoms with Crippen LogP contribution in [0.1, 0.15) is 23.2 Å². The highest BCUT2D eigenvalue weighted by Gasteiger charge is 2.21. The molecule has 0 atom stereocenters. The molecule has 2 N–H and O–H groups in total. The van der Waals surface area contributed by atoms with Crippen molar-refractivity contribution in [2.75, 3.05) is 33.2 Å². The molecule has 1 aromatic rings. The van der Waals surface area contributed by atoms with Gasteiger partial charge in [-0.15, -0.1) is 0 Å². The predicted molar refractivity (Wildman–Crippen MR) is 82.0 cm³/mol. The second-order valence-corrected chi connectivity index (χ2v) is 5.52. The Morgan fingerprint density at radius 2 is 1.86 bits per heavy atom. The molecule has 21 heavy (non-hydrogen) atoms. The van der Waals surface area contributed by atoms with Gasteiger partial charge in [-0.3, -0.25) is 19.8 Å². The summed E-state index contributed by atoms with van der Waals surface area (Å²) in [5.41, 5.74) is 0.513. The molecule has 1 aliphatic rings. The van der Waals surface area contributed by atoms with Crippen LogP contribution in [0.2, 0.25) is 0 Å². The van der Waals surface area contributed by atoms with E-state index in [0.29, 0.717) is 18.0 Å². The molecule has 114 valence electrons. The second-order valence-electron chi connectivity index (χ2n) is 5.52. The summed E-state index contributed by atoms with van der Waals surface area (Å²) in [6, 6.07) is 8.81. The zero-order chi connectivity index (χ0) is 15.1. The van der Waals surface area contributed by atoms with Gasteiger partial charge in [-0.25, -0.2) is 0 Å². The number of benzene rings is 1. The monoisotopic (exact) mass is 289 g/mol. The van der Waals surface area contributed by atoms with Gasteiger partial charge in [0.1, 0.15) is 0 Å². The number of carbonyl (C=O) groups excluding carboxylic acids is 2. The van der Waals surface area contributed by atoms with Crippen molar-refractivity contribution >= 4 is 11.8 Å². The highest BCUT2D eigenvalue weighted by molar-refractivity contribution is 6.05. The first kappa shape index (κ1) is 15.7. The Kier molecular flexibility index (Phi) is 5.90. The van der Waals surface area contributed by atoms with Gasteiger partial charge in [0, 0.05) is 5.56 Å². The van der Waals surface area contributed by atoms with Crippen molar-refractivity contribution in [3.8, 4) is 0 Å². The molecule has 2 amide bonds. The molecule has 5 heteroatoms. The lowest BCUT2D eigenvalue weighted by Gasteiger charge is -2.31. The Balaban J connectivity index is 1.74. The molecule has 0 aliphatic carbocycles. The third-order valence-electron chi connectivity index (χ3n) is 3.86. The number of likely N-dealkylation sites (tertiary alicyclic amines) is 1. The van der Waals surface area contributed by atoms with Crippen molar-refractivity contribution in [1.82, 2.24) is 15.5 Å². The van der Waals surface area contributed by atoms with E-state index in [0.717, 1.165) is 32.5 Å². The normalized spacial score (nSPS) is 16.6. The van der Waals surface area contributed by atoms with Gasteiger partial charge in [0.05, 0.1) is 6.54 Å². The molecule has 0 spiro atoms. The van der Waals surface area contributed by atoms with Crippen molar-refractivity contribution in [3.63, 3.8) is 0 Å². The van der Waals surface area contributed by atoms with Crippen LogP contribution in [-0.4, -0.2) is 49.9 Å². The second kappa shape index (κ2) is 7.90. The molecular formula is C16H23N3O2. The van der Waals surface area contributed by atoms with E-state index in [9.17, 15) is 9.59 Å². The summed E-state index contributed by atoms with van der Waals surface area (Å²) in [7, 11) is 1.97. The van der Waals surface area contributed by atoms with E-state index < -0.39 is 0 Å². The first-order valence-electron chi connectivity index (χ1n) is 7.45. The summed E-state index contributed by atoms with van der Waals surface area (Å²) in [6.45, 7) is 3.16. The quantitative estimate of drug-likeness (QED) is 0.844. The van der Waals surface area contributed by atoms with Gasteiger partial charge in [0.2, 0.25) is 5.91 Å². The van der Waals surface area contributed by atoms with Gasteiger partial charge in [0.25, 0.3) is 5.91 Å². The van der Waals surface area contributed by atoms with Gasteiger partial charge in [-0.2, -0.15) is 0 Å². The first-order valence-corrected chi connectivity index (χ1v) is 7.45. The number of rotatable bonds is 5. The average molecular weight is 289 g/mol. The molecule has 0 aromatic heterocycles. The summed E-state index contributed by atoms with van der Waals surface area (Å²) in [4.78, 5) is 25.9. The first-order chi connectivity index (χ1) is 10.2. The van der Waals surface area contributed by atoms with E-state index in [4.69, 9.17) is 0 Å². The molecule has 1 fully saturated rings. The van der Waals surface area contributed by atoms with Gasteiger partial charge in [0.15, 0.2) is 0 Å². The Bertz CT molecular complexity index is 468. The summed E-state index contributed by atoms with van der Waals surface area (Å²) in [6.07, 6.45) is 2.20. The number of hydrogen-bond donors (Lipinski definition) is 2. The lowest BCUT2D eigenvalue weighted by atomic mass is 9.97. The molecule has 1 saturated heterocycles. The topological polar surface area (TPSA) is 61.4 Å². The average Bonchev–Trinajstić information content (AvgIpc) is 2.50. The number of nitrogens with one attached hydrogen (secondary N) is 2. The van der Waals surface area contributed by atoms with E-state index in [1.807, 2.05) is 13.1 Å². The number of piperidine rings is 1. The summed E-state index contributed by atoms with van der Waals surface area (Å²) in [5.74, 6) is 0.141. The van der Waals surface area contributed by atoms with Gasteiger partial charge in [-0.05, 0) is 57.6 Å². The lowest BCUT2D eigenvalue weighted by molar-refractivity contribution is -0.121. The number of imide groups is 1. The maximum absolute atomic E-state index is 11.9. The third-order valence-corrected chi connectivity index (χ3v) is 3.86. The lowest BCUT2D eigenvalue weighted by Crippen LogP contribution is -2.44. The number of hydrogen-bond acceptors (Lipinski definition) is 4. The van der Waals surface area contributed by atoms with Crippen LogP contribution in [0, 0.1) is 5.92 Å². The van der Waals surface area contributed by atoms with Crippen molar-refractivity contribution in [3.05, 3.63) is 35.9 Å². The maximum atomic E-state index is 11.9. The third kappa shape index (κ3) is 4.95. The van der Waals surface area contributed by atoms with Crippen LogP contribution < -0.4 is 10.6 Å². The fraction of sp³-hybridized carbons (Fsp3) is 0.500. The van der Waals surface area contributed by atoms with Crippen molar-refractivity contribution in [1.29, 1.82) is 0 Å². The zero-order valence-electron chi connectivity index (χ0n) is 12.5.